The molecule has 1 N–H and O–H groups in total. The lowest BCUT2D eigenvalue weighted by Gasteiger charge is -2.35. The van der Waals surface area contributed by atoms with Crippen LogP contribution >= 0.6 is 22.9 Å². The van der Waals surface area contributed by atoms with E-state index < -0.39 is 9.84 Å². The summed E-state index contributed by atoms with van der Waals surface area (Å²) in [5, 5.41) is 3.37. The summed E-state index contributed by atoms with van der Waals surface area (Å²) in [7, 11) is -3.31. The topological polar surface area (TPSA) is 88.6 Å². The molecule has 2 heterocycles. The number of aromatic nitrogens is 1. The lowest BCUT2D eigenvalue weighted by molar-refractivity contribution is 0.0475. The van der Waals surface area contributed by atoms with Crippen molar-refractivity contribution < 1.29 is 17.9 Å². The third kappa shape index (κ3) is 7.35. The predicted molar refractivity (Wildman–Crippen MR) is 165 cm³/mol. The van der Waals surface area contributed by atoms with Crippen molar-refractivity contribution in [1.82, 2.24) is 9.88 Å². The molecule has 1 aliphatic heterocycles. The number of hydrogen-bond donors (Lipinski definition) is 1. The van der Waals surface area contributed by atoms with Gasteiger partial charge in [0, 0.05) is 43.5 Å². The molecule has 1 aliphatic rings. The van der Waals surface area contributed by atoms with Crippen LogP contribution in [-0.4, -0.2) is 56.4 Å². The zero-order chi connectivity index (χ0) is 28.8. The van der Waals surface area contributed by atoms with Gasteiger partial charge < -0.3 is 9.64 Å². The van der Waals surface area contributed by atoms with Crippen molar-refractivity contribution in [3.8, 4) is 11.3 Å². The Morgan fingerprint density at radius 1 is 1.00 bits per heavy atom. The van der Waals surface area contributed by atoms with Gasteiger partial charge in [0.15, 0.2) is 15.0 Å². The molecule has 0 radical (unpaired) electrons. The maximum absolute atomic E-state index is 13.7. The molecular formula is C31H32ClN3O4S2. The predicted octanol–water partition coefficient (Wildman–Crippen LogP) is 7.10. The monoisotopic (exact) mass is 609 g/mol. The van der Waals surface area contributed by atoms with E-state index in [0.717, 1.165) is 25.5 Å². The summed E-state index contributed by atoms with van der Waals surface area (Å²) in [6.45, 7) is 1.79. The van der Waals surface area contributed by atoms with E-state index in [1.54, 1.807) is 12.1 Å². The van der Waals surface area contributed by atoms with E-state index in [9.17, 15) is 13.2 Å². The molecule has 1 saturated heterocycles. The number of nitrogens with zero attached hydrogens (tertiary/aromatic N) is 2. The molecule has 3 aromatic carbocycles. The Bertz CT molecular complexity index is 1520. The van der Waals surface area contributed by atoms with E-state index in [0.29, 0.717) is 40.5 Å². The van der Waals surface area contributed by atoms with E-state index in [4.69, 9.17) is 16.3 Å². The van der Waals surface area contributed by atoms with Gasteiger partial charge in [0.25, 0.3) is 0 Å². The average Bonchev–Trinajstić information content (AvgIpc) is 3.35. The van der Waals surface area contributed by atoms with E-state index >= 15 is 0 Å². The minimum absolute atomic E-state index is 0.0504. The van der Waals surface area contributed by atoms with Crippen LogP contribution in [0.2, 0.25) is 4.34 Å². The second-order valence-electron chi connectivity index (χ2n) is 10.1. The van der Waals surface area contributed by atoms with Crippen LogP contribution in [0.25, 0.3) is 11.3 Å². The number of benzene rings is 3. The van der Waals surface area contributed by atoms with Crippen molar-refractivity contribution in [2.45, 2.75) is 36.1 Å². The summed E-state index contributed by atoms with van der Waals surface area (Å²) in [5.41, 5.74) is 3.60. The van der Waals surface area contributed by atoms with Crippen LogP contribution in [0.15, 0.2) is 89.8 Å². The zero-order valence-electron chi connectivity index (χ0n) is 22.7. The van der Waals surface area contributed by atoms with Crippen LogP contribution in [-0.2, 0) is 14.6 Å². The minimum atomic E-state index is -3.31. The van der Waals surface area contributed by atoms with E-state index in [2.05, 4.69) is 34.6 Å². The highest BCUT2D eigenvalue weighted by Crippen LogP contribution is 2.36. The molecule has 4 aromatic rings. The Morgan fingerprint density at radius 3 is 2.15 bits per heavy atom. The van der Waals surface area contributed by atoms with Crippen molar-refractivity contribution in [3.63, 3.8) is 0 Å². The molecule has 214 valence electrons. The first kappa shape index (κ1) is 29.3. The molecule has 0 bridgehead atoms. The molecule has 1 aromatic heterocycles. The van der Waals surface area contributed by atoms with Crippen molar-refractivity contribution in [2.75, 3.05) is 31.3 Å². The molecule has 7 nitrogen and oxygen atoms in total. The number of carbonyl (C=O) groups excluding carboxylic acids is 1. The summed E-state index contributed by atoms with van der Waals surface area (Å²) in [5.74, 6) is 0.142. The van der Waals surface area contributed by atoms with Gasteiger partial charge in [0.1, 0.15) is 10.0 Å². The van der Waals surface area contributed by atoms with Gasteiger partial charge in [0.2, 0.25) is 0 Å². The molecule has 0 unspecified atom stereocenters. The van der Waals surface area contributed by atoms with Crippen molar-refractivity contribution in [1.29, 1.82) is 0 Å². The SMILES string of the molecule is CS(=O)(=O)c1ccc(-c2nc(NC(=O)N(CCC(c3ccccc3)c3ccccc3)C3CCOCC3)sc2Cl)cc1. The Labute approximate surface area is 250 Å². The van der Waals surface area contributed by atoms with E-state index in [1.165, 1.54) is 34.6 Å². The number of thiazole rings is 1. The number of amides is 2. The van der Waals surface area contributed by atoms with Gasteiger partial charge in [-0.25, -0.2) is 18.2 Å². The normalized spacial score (nSPS) is 14.2. The van der Waals surface area contributed by atoms with Crippen LogP contribution < -0.4 is 5.32 Å². The first-order chi connectivity index (χ1) is 19.8. The van der Waals surface area contributed by atoms with Gasteiger partial charge >= 0.3 is 6.03 Å². The number of carbonyl (C=O) groups is 1. The van der Waals surface area contributed by atoms with Crippen molar-refractivity contribution >= 4 is 43.9 Å². The largest absolute Gasteiger partial charge is 0.381 e. The molecule has 41 heavy (non-hydrogen) atoms. The number of nitrogens with one attached hydrogen (secondary N) is 1. The molecular weight excluding hydrogens is 578 g/mol. The lowest BCUT2D eigenvalue weighted by atomic mass is 9.88. The van der Waals surface area contributed by atoms with Gasteiger partial charge in [-0.05, 0) is 42.5 Å². The van der Waals surface area contributed by atoms with E-state index in [1.807, 2.05) is 41.3 Å². The first-order valence-electron chi connectivity index (χ1n) is 13.5. The maximum Gasteiger partial charge on any atom is 0.323 e. The molecule has 0 atom stereocenters. The summed E-state index contributed by atoms with van der Waals surface area (Å²) in [6.07, 6.45) is 3.46. The second kappa shape index (κ2) is 13.2. The van der Waals surface area contributed by atoms with Crippen molar-refractivity contribution in [3.05, 3.63) is 100 Å². The highest BCUT2D eigenvalue weighted by molar-refractivity contribution is 7.90. The molecule has 5 rings (SSSR count). The Kier molecular flexibility index (Phi) is 9.39. The molecule has 1 fully saturated rings. The maximum atomic E-state index is 13.7. The molecule has 0 spiro atoms. The van der Waals surface area contributed by atoms with Gasteiger partial charge in [-0.3, -0.25) is 5.32 Å². The van der Waals surface area contributed by atoms with Gasteiger partial charge in [0.05, 0.1) is 4.90 Å². The summed E-state index contributed by atoms with van der Waals surface area (Å²) < 4.78 is 29.6. The fraction of sp³-hybridized carbons (Fsp3) is 0.290. The van der Waals surface area contributed by atoms with E-state index in [-0.39, 0.29) is 22.9 Å². The summed E-state index contributed by atoms with van der Waals surface area (Å²) in [6, 6.07) is 27.0. The van der Waals surface area contributed by atoms with Crippen LogP contribution in [0.5, 0.6) is 0 Å². The summed E-state index contributed by atoms with van der Waals surface area (Å²) in [4.78, 5) is 20.5. The average molecular weight is 610 g/mol. The number of ether oxygens (including phenoxy) is 1. The minimum Gasteiger partial charge on any atom is -0.381 e. The number of urea groups is 1. The first-order valence-corrected chi connectivity index (χ1v) is 16.6. The van der Waals surface area contributed by atoms with Gasteiger partial charge in [-0.2, -0.15) is 0 Å². The second-order valence-corrected chi connectivity index (χ2v) is 13.7. The van der Waals surface area contributed by atoms with Crippen LogP contribution in [0.4, 0.5) is 9.93 Å². The quantitative estimate of drug-likeness (QED) is 0.219. The smallest absolute Gasteiger partial charge is 0.323 e. The Balaban J connectivity index is 1.35. The van der Waals surface area contributed by atoms with Crippen LogP contribution in [0.1, 0.15) is 36.3 Å². The third-order valence-electron chi connectivity index (χ3n) is 7.31. The number of sulfone groups is 1. The highest BCUT2D eigenvalue weighted by Gasteiger charge is 2.28. The standard InChI is InChI=1S/C31H32ClN3O4S2/c1-41(37,38)26-14-12-24(13-15-26)28-29(32)40-30(33-28)34-31(36)35(25-17-20-39-21-18-25)19-16-27(22-8-4-2-5-9-22)23-10-6-3-7-11-23/h2-15,25,27H,16-21H2,1H3,(H,33,34,36). The fourth-order valence-electron chi connectivity index (χ4n) is 5.17. The summed E-state index contributed by atoms with van der Waals surface area (Å²) >= 11 is 7.70. The third-order valence-corrected chi connectivity index (χ3v) is 9.61. The molecule has 0 aliphatic carbocycles. The molecule has 0 saturated carbocycles. The molecule has 10 heteroatoms. The zero-order valence-corrected chi connectivity index (χ0v) is 25.1. The Hall–Kier alpha value is -3.24. The lowest BCUT2D eigenvalue weighted by Crippen LogP contribution is -2.46. The van der Waals surface area contributed by atoms with Crippen molar-refractivity contribution in [2.24, 2.45) is 0 Å². The number of halogens is 1. The molecule has 2 amide bonds. The highest BCUT2D eigenvalue weighted by atomic mass is 35.5. The number of anilines is 1. The number of rotatable bonds is 9. The number of hydrogen-bond acceptors (Lipinski definition) is 6. The fourth-order valence-corrected chi connectivity index (χ4v) is 6.87. The van der Waals surface area contributed by atoms with Crippen LogP contribution in [0.3, 0.4) is 0 Å². The van der Waals surface area contributed by atoms with Gasteiger partial charge in [-0.1, -0.05) is 95.7 Å². The van der Waals surface area contributed by atoms with Gasteiger partial charge in [-0.15, -0.1) is 0 Å². The van der Waals surface area contributed by atoms with Crippen LogP contribution in [0, 0.1) is 0 Å². The Morgan fingerprint density at radius 2 is 1.59 bits per heavy atom.